The molecule has 0 bridgehead atoms. The predicted octanol–water partition coefficient (Wildman–Crippen LogP) is 1.47. The number of carbonyl (C=O) groups excluding carboxylic acids is 3. The van der Waals surface area contributed by atoms with Gasteiger partial charge >= 0.3 is 0 Å². The van der Waals surface area contributed by atoms with Crippen molar-refractivity contribution >= 4 is 17.7 Å². The Hall–Kier alpha value is -2.45. The van der Waals surface area contributed by atoms with E-state index in [0.717, 1.165) is 50.5 Å². The molecule has 1 aliphatic carbocycles. The highest BCUT2D eigenvalue weighted by molar-refractivity contribution is 6.05. The highest BCUT2D eigenvalue weighted by atomic mass is 16.5. The Labute approximate surface area is 187 Å². The summed E-state index contributed by atoms with van der Waals surface area (Å²) in [4.78, 5) is 40.8. The van der Waals surface area contributed by atoms with Crippen LogP contribution in [0.1, 0.15) is 54.4 Å². The van der Waals surface area contributed by atoms with E-state index in [1.54, 1.807) is 4.90 Å². The first-order chi connectivity index (χ1) is 15.5. The Bertz CT molecular complexity index is 966. The smallest absolute Gasteiger partial charge is 0.255 e. The lowest BCUT2D eigenvalue weighted by Crippen LogP contribution is -2.70. The van der Waals surface area contributed by atoms with Gasteiger partial charge in [-0.05, 0) is 49.4 Å². The number of rotatable bonds is 4. The first kappa shape index (κ1) is 20.2. The first-order valence-corrected chi connectivity index (χ1v) is 11.8. The number of piperidine rings is 1. The van der Waals surface area contributed by atoms with Crippen molar-refractivity contribution in [1.82, 2.24) is 15.1 Å². The van der Waals surface area contributed by atoms with E-state index in [1.165, 1.54) is 12.8 Å². The molecule has 1 aromatic rings. The third-order valence-electron chi connectivity index (χ3n) is 7.81. The summed E-state index contributed by atoms with van der Waals surface area (Å²) in [6, 6.07) is 5.51. The molecular weight excluding hydrogens is 410 g/mol. The zero-order valence-electron chi connectivity index (χ0n) is 18.2. The van der Waals surface area contributed by atoms with Crippen molar-refractivity contribution in [2.24, 2.45) is 5.41 Å². The van der Waals surface area contributed by atoms with Gasteiger partial charge in [0.15, 0.2) is 0 Å². The summed E-state index contributed by atoms with van der Waals surface area (Å²) in [6.07, 6.45) is 5.42. The molecule has 32 heavy (non-hydrogen) atoms. The summed E-state index contributed by atoms with van der Waals surface area (Å²) >= 11 is 0. The molecular formula is C24H29N3O5. The van der Waals surface area contributed by atoms with Gasteiger partial charge in [0.05, 0.1) is 13.2 Å². The lowest BCUT2D eigenvalue weighted by atomic mass is 9.75. The minimum atomic E-state index is -0.589. The van der Waals surface area contributed by atoms with E-state index in [4.69, 9.17) is 9.47 Å². The van der Waals surface area contributed by atoms with Gasteiger partial charge in [-0.15, -0.1) is 0 Å². The lowest BCUT2D eigenvalue weighted by molar-refractivity contribution is -0.207. The van der Waals surface area contributed by atoms with Crippen LogP contribution in [0.25, 0.3) is 0 Å². The molecule has 8 nitrogen and oxygen atoms in total. The van der Waals surface area contributed by atoms with Gasteiger partial charge in [0.25, 0.3) is 5.91 Å². The number of hydrogen-bond donors (Lipinski definition) is 1. The molecule has 1 aromatic carbocycles. The van der Waals surface area contributed by atoms with Crippen molar-refractivity contribution in [3.05, 3.63) is 29.3 Å². The van der Waals surface area contributed by atoms with Crippen molar-refractivity contribution in [3.63, 3.8) is 0 Å². The van der Waals surface area contributed by atoms with Crippen molar-refractivity contribution < 1.29 is 23.9 Å². The maximum atomic E-state index is 12.9. The van der Waals surface area contributed by atoms with Gasteiger partial charge in [0, 0.05) is 43.1 Å². The summed E-state index contributed by atoms with van der Waals surface area (Å²) in [5, 5.41) is 2.35. The van der Waals surface area contributed by atoms with Crippen molar-refractivity contribution in [3.8, 4) is 5.75 Å². The van der Waals surface area contributed by atoms with Gasteiger partial charge in [0.1, 0.15) is 17.9 Å². The minimum absolute atomic E-state index is 0.148. The van der Waals surface area contributed by atoms with Crippen LogP contribution in [0.4, 0.5) is 0 Å². The molecule has 0 aromatic heterocycles. The van der Waals surface area contributed by atoms with Crippen molar-refractivity contribution in [2.75, 3.05) is 26.3 Å². The Kier molecular flexibility index (Phi) is 4.76. The predicted molar refractivity (Wildman–Crippen MR) is 114 cm³/mol. The molecule has 1 unspecified atom stereocenters. The Balaban J connectivity index is 1.14. The Morgan fingerprint density at radius 3 is 2.62 bits per heavy atom. The molecule has 3 amide bonds. The number of hydrogen-bond acceptors (Lipinski definition) is 6. The average Bonchev–Trinajstić information content (AvgIpc) is 3.03. The number of carbonyl (C=O) groups is 3. The highest BCUT2D eigenvalue weighted by Crippen LogP contribution is 2.42. The first-order valence-electron chi connectivity index (χ1n) is 11.8. The molecule has 1 spiro atoms. The minimum Gasteiger partial charge on any atom is -0.489 e. The molecule has 1 saturated carbocycles. The van der Waals surface area contributed by atoms with E-state index < -0.39 is 6.04 Å². The number of imide groups is 1. The number of ether oxygens (including phenoxy) is 2. The van der Waals surface area contributed by atoms with Crippen molar-refractivity contribution in [2.45, 2.75) is 63.3 Å². The van der Waals surface area contributed by atoms with Crippen molar-refractivity contribution in [1.29, 1.82) is 0 Å². The molecule has 4 fully saturated rings. The van der Waals surface area contributed by atoms with E-state index in [9.17, 15) is 14.4 Å². The van der Waals surface area contributed by atoms with Gasteiger partial charge in [-0.3, -0.25) is 24.6 Å². The van der Waals surface area contributed by atoms with Crippen LogP contribution in [-0.2, 0) is 20.9 Å². The maximum absolute atomic E-state index is 12.9. The normalized spacial score (nSPS) is 31.7. The van der Waals surface area contributed by atoms with Crippen LogP contribution in [0.2, 0.25) is 0 Å². The van der Waals surface area contributed by atoms with Gasteiger partial charge in [-0.25, -0.2) is 0 Å². The zero-order valence-corrected chi connectivity index (χ0v) is 18.2. The molecule has 3 atom stereocenters. The van der Waals surface area contributed by atoms with Gasteiger partial charge in [-0.2, -0.15) is 0 Å². The lowest BCUT2D eigenvalue weighted by Gasteiger charge is -2.58. The molecule has 6 rings (SSSR count). The highest BCUT2D eigenvalue weighted by Gasteiger charge is 2.52. The Morgan fingerprint density at radius 2 is 1.88 bits per heavy atom. The molecule has 8 heteroatoms. The van der Waals surface area contributed by atoms with Crippen LogP contribution in [0.5, 0.6) is 5.75 Å². The van der Waals surface area contributed by atoms with Gasteiger partial charge in [-0.1, -0.05) is 6.42 Å². The molecule has 4 aliphatic heterocycles. The van der Waals surface area contributed by atoms with E-state index in [-0.39, 0.29) is 30.2 Å². The Morgan fingerprint density at radius 1 is 1.06 bits per heavy atom. The second-order valence-electron chi connectivity index (χ2n) is 10.1. The molecule has 4 heterocycles. The quantitative estimate of drug-likeness (QED) is 0.715. The summed E-state index contributed by atoms with van der Waals surface area (Å²) in [7, 11) is 0. The molecule has 1 N–H and O–H groups in total. The van der Waals surface area contributed by atoms with Crippen LogP contribution in [0.15, 0.2) is 18.2 Å². The van der Waals surface area contributed by atoms with Crippen LogP contribution >= 0.6 is 0 Å². The largest absolute Gasteiger partial charge is 0.489 e. The van der Waals surface area contributed by atoms with Gasteiger partial charge < -0.3 is 14.4 Å². The van der Waals surface area contributed by atoms with Crippen LogP contribution in [-0.4, -0.2) is 72.0 Å². The second kappa shape index (κ2) is 7.56. The van der Waals surface area contributed by atoms with E-state index >= 15 is 0 Å². The molecule has 5 aliphatic rings. The third-order valence-corrected chi connectivity index (χ3v) is 7.81. The van der Waals surface area contributed by atoms with Gasteiger partial charge in [0.2, 0.25) is 11.8 Å². The number of nitrogens with zero attached hydrogens (tertiary/aromatic N) is 2. The molecule has 3 saturated heterocycles. The summed E-state index contributed by atoms with van der Waals surface area (Å²) in [5.41, 5.74) is 1.91. The van der Waals surface area contributed by atoms with E-state index in [2.05, 4.69) is 10.2 Å². The zero-order chi connectivity index (χ0) is 21.9. The number of likely N-dealkylation sites (tertiary alicyclic amines) is 1. The fourth-order valence-corrected chi connectivity index (χ4v) is 6.05. The van der Waals surface area contributed by atoms with Crippen LogP contribution in [0.3, 0.4) is 0 Å². The standard InChI is InChI=1S/C24H29N3O5/c28-21-8-7-19(22(29)25-21)27-10-15-9-16(5-6-17(15)23(27)30)32-20-4-2-1-3-18(20)26-11-24(12-26)13-31-14-24/h5-6,9,18-20H,1-4,7-8,10-14H2,(H,25,28,29)/t18-,19?,20+/m1/s1. The fourth-order valence-electron chi connectivity index (χ4n) is 6.05. The average molecular weight is 440 g/mol. The number of amides is 3. The topological polar surface area (TPSA) is 88.2 Å². The van der Waals surface area contributed by atoms with E-state index in [0.29, 0.717) is 30.0 Å². The number of nitrogens with one attached hydrogen (secondary N) is 1. The monoisotopic (exact) mass is 439 g/mol. The molecule has 170 valence electrons. The summed E-state index contributed by atoms with van der Waals surface area (Å²) in [5.74, 6) is -0.00910. The number of benzene rings is 1. The van der Waals surface area contributed by atoms with Crippen LogP contribution < -0.4 is 10.1 Å². The second-order valence-corrected chi connectivity index (χ2v) is 10.1. The number of fused-ring (bicyclic) bond motifs is 1. The summed E-state index contributed by atoms with van der Waals surface area (Å²) in [6.45, 7) is 4.38. The maximum Gasteiger partial charge on any atom is 0.255 e. The molecule has 0 radical (unpaired) electrons. The van der Waals surface area contributed by atoms with Crippen LogP contribution in [0, 0.1) is 5.41 Å². The third kappa shape index (κ3) is 3.31. The fraction of sp³-hybridized carbons (Fsp3) is 0.625. The van der Waals surface area contributed by atoms with E-state index in [1.807, 2.05) is 18.2 Å². The summed E-state index contributed by atoms with van der Waals surface area (Å²) < 4.78 is 11.9. The SMILES string of the molecule is O=C1CCC(N2Cc3cc(O[C@H]4CCCC[C@H]4N4CC5(COC5)C4)ccc3C2=O)C(=O)N1.